The van der Waals surface area contributed by atoms with Crippen LogP contribution in [0.15, 0.2) is 48.1 Å². The molecule has 10 heteroatoms. The second-order valence-electron chi connectivity index (χ2n) is 8.05. The number of carbonyl (C=O) groups excluding carboxylic acids is 3. The van der Waals surface area contributed by atoms with E-state index in [0.29, 0.717) is 54.4 Å². The van der Waals surface area contributed by atoms with Crippen LogP contribution in [0.2, 0.25) is 0 Å². The Morgan fingerprint density at radius 3 is 2.47 bits per heavy atom. The van der Waals surface area contributed by atoms with Gasteiger partial charge in [-0.2, -0.15) is 0 Å². The molecule has 2 amide bonds. The quantitative estimate of drug-likeness (QED) is 0.562. The lowest BCUT2D eigenvalue weighted by molar-refractivity contribution is -0.146. The number of hydrogen-bond donors (Lipinski definition) is 1. The lowest BCUT2D eigenvalue weighted by atomic mass is 9.95. The van der Waals surface area contributed by atoms with E-state index in [2.05, 4.69) is 15.3 Å². The maximum Gasteiger partial charge on any atom is 0.290 e. The third-order valence-corrected chi connectivity index (χ3v) is 6.95. The maximum atomic E-state index is 13.3. The first-order valence-corrected chi connectivity index (χ1v) is 11.8. The Labute approximate surface area is 200 Å². The van der Waals surface area contributed by atoms with Gasteiger partial charge in [0, 0.05) is 55.4 Å². The van der Waals surface area contributed by atoms with Crippen molar-refractivity contribution < 1.29 is 19.1 Å². The number of piperazine rings is 1. The number of thiazole rings is 1. The van der Waals surface area contributed by atoms with Gasteiger partial charge in [0.25, 0.3) is 11.8 Å². The van der Waals surface area contributed by atoms with Crippen molar-refractivity contribution in [2.45, 2.75) is 5.92 Å². The Morgan fingerprint density at radius 2 is 1.79 bits per heavy atom. The number of pyridine rings is 1. The minimum Gasteiger partial charge on any atom is -0.495 e. The highest BCUT2D eigenvalue weighted by Gasteiger charge is 2.40. The first-order chi connectivity index (χ1) is 16.6. The fourth-order valence-corrected chi connectivity index (χ4v) is 5.05. The summed E-state index contributed by atoms with van der Waals surface area (Å²) < 4.78 is 5.48. The normalized spacial score (nSPS) is 17.1. The summed E-state index contributed by atoms with van der Waals surface area (Å²) in [5.41, 5.74) is 2.57. The Morgan fingerprint density at radius 1 is 1.06 bits per heavy atom. The number of anilines is 1. The Kier molecular flexibility index (Phi) is 5.97. The van der Waals surface area contributed by atoms with E-state index in [4.69, 9.17) is 4.74 Å². The number of ether oxygens (including phenoxy) is 1. The molecule has 1 atom stereocenters. The van der Waals surface area contributed by atoms with Gasteiger partial charge in [0.05, 0.1) is 24.9 Å². The smallest absolute Gasteiger partial charge is 0.290 e. The highest BCUT2D eigenvalue weighted by atomic mass is 32.1. The summed E-state index contributed by atoms with van der Waals surface area (Å²) in [4.78, 5) is 51.1. The summed E-state index contributed by atoms with van der Waals surface area (Å²) in [6, 6.07) is 9.05. The molecule has 1 N–H and O–H groups in total. The topological polar surface area (TPSA) is 105 Å². The fraction of sp³-hybridized carbons (Fsp3) is 0.292. The predicted octanol–water partition coefficient (Wildman–Crippen LogP) is 2.28. The van der Waals surface area contributed by atoms with E-state index in [9.17, 15) is 14.4 Å². The lowest BCUT2D eigenvalue weighted by Crippen LogP contribution is -2.52. The van der Waals surface area contributed by atoms with E-state index in [0.717, 1.165) is 5.01 Å². The molecule has 2 aliphatic rings. The molecule has 4 heterocycles. The number of fused-ring (bicyclic) bond motifs is 1. The van der Waals surface area contributed by atoms with Gasteiger partial charge in [-0.1, -0.05) is 18.2 Å². The van der Waals surface area contributed by atoms with Gasteiger partial charge in [-0.25, -0.2) is 9.97 Å². The van der Waals surface area contributed by atoms with Crippen molar-refractivity contribution in [3.8, 4) is 16.5 Å². The number of amides is 2. The second kappa shape index (κ2) is 9.22. The molecule has 0 spiro atoms. The number of rotatable bonds is 5. The van der Waals surface area contributed by atoms with Crippen LogP contribution in [0.1, 0.15) is 21.8 Å². The van der Waals surface area contributed by atoms with Gasteiger partial charge >= 0.3 is 0 Å². The van der Waals surface area contributed by atoms with Crippen molar-refractivity contribution in [1.29, 1.82) is 0 Å². The minimum atomic E-state index is -0.678. The van der Waals surface area contributed by atoms with Crippen molar-refractivity contribution in [1.82, 2.24) is 19.8 Å². The maximum absolute atomic E-state index is 13.3. The van der Waals surface area contributed by atoms with Gasteiger partial charge in [-0.15, -0.1) is 11.3 Å². The summed E-state index contributed by atoms with van der Waals surface area (Å²) in [6.45, 7) is 1.68. The molecule has 2 aliphatic heterocycles. The Hall–Kier alpha value is -3.79. The third-order valence-electron chi connectivity index (χ3n) is 6.17. The van der Waals surface area contributed by atoms with Crippen molar-refractivity contribution in [2.75, 3.05) is 45.2 Å². The molecule has 5 rings (SSSR count). The molecule has 34 heavy (non-hydrogen) atoms. The number of methoxy groups -OCH3 is 1. The molecule has 0 radical (unpaired) electrons. The summed E-state index contributed by atoms with van der Waals surface area (Å²) in [7, 11) is 1.52. The third kappa shape index (κ3) is 3.90. The van der Waals surface area contributed by atoms with Crippen molar-refractivity contribution >= 4 is 34.6 Å². The van der Waals surface area contributed by atoms with E-state index in [1.807, 2.05) is 23.6 Å². The number of nitrogens with zero attached hydrogens (tertiary/aromatic N) is 4. The number of carbonyl (C=O) groups is 3. The summed E-state index contributed by atoms with van der Waals surface area (Å²) >= 11 is 1.45. The Bertz CT molecular complexity index is 1220. The van der Waals surface area contributed by atoms with Gasteiger partial charge in [0.15, 0.2) is 0 Å². The van der Waals surface area contributed by atoms with E-state index in [1.54, 1.807) is 29.4 Å². The summed E-state index contributed by atoms with van der Waals surface area (Å²) in [5.74, 6) is -1.32. The zero-order chi connectivity index (χ0) is 23.7. The van der Waals surface area contributed by atoms with Crippen LogP contribution < -0.4 is 10.1 Å². The monoisotopic (exact) mass is 477 g/mol. The molecule has 174 valence electrons. The Balaban J connectivity index is 1.31. The van der Waals surface area contributed by atoms with E-state index < -0.39 is 17.6 Å². The van der Waals surface area contributed by atoms with Crippen molar-refractivity contribution in [2.24, 2.45) is 0 Å². The number of aromatic nitrogens is 2. The number of nitrogens with one attached hydrogen (secondary N) is 1. The average Bonchev–Trinajstić information content (AvgIpc) is 3.58. The highest BCUT2D eigenvalue weighted by Crippen LogP contribution is 2.44. The molecule has 1 unspecified atom stereocenters. The molecule has 9 nitrogen and oxygen atoms in total. The first-order valence-electron chi connectivity index (χ1n) is 11.0. The fourth-order valence-electron chi connectivity index (χ4n) is 4.41. The summed E-state index contributed by atoms with van der Waals surface area (Å²) in [5, 5.41) is 5.83. The van der Waals surface area contributed by atoms with Gasteiger partial charge in [-0.05, 0) is 12.1 Å². The molecule has 0 saturated carbocycles. The van der Waals surface area contributed by atoms with Gasteiger partial charge < -0.3 is 19.9 Å². The van der Waals surface area contributed by atoms with Gasteiger partial charge in [0.1, 0.15) is 16.5 Å². The van der Waals surface area contributed by atoms with Crippen LogP contribution in [0.5, 0.6) is 5.75 Å². The molecule has 1 saturated heterocycles. The van der Waals surface area contributed by atoms with Crippen LogP contribution in [-0.2, 0) is 9.59 Å². The second-order valence-corrected chi connectivity index (χ2v) is 8.94. The van der Waals surface area contributed by atoms with Crippen LogP contribution >= 0.6 is 11.3 Å². The number of Topliss-reactive ketones (excluding diaryl/α,β-unsaturated/α-hetero) is 1. The van der Waals surface area contributed by atoms with Crippen LogP contribution in [0.25, 0.3) is 10.7 Å². The van der Waals surface area contributed by atoms with Crippen LogP contribution in [0, 0.1) is 0 Å². The standard InChI is InChI=1S/C24H23N5O4S/c1-33-17-14-27-20(22-25-7-12-34-22)19-18(17)16(13-26-19)21(30)24(32)29-10-8-28(9-11-29)23(31)15-5-3-2-4-6-15/h2-7,12,14,16,26H,8-11,13H2,1H3. The van der Waals surface area contributed by atoms with Crippen molar-refractivity contribution in [3.05, 3.63) is 59.2 Å². The lowest BCUT2D eigenvalue weighted by Gasteiger charge is -2.34. The average molecular weight is 478 g/mol. The zero-order valence-corrected chi connectivity index (χ0v) is 19.4. The van der Waals surface area contributed by atoms with Crippen LogP contribution in [0.3, 0.4) is 0 Å². The molecule has 3 aromatic rings. The number of benzene rings is 1. The number of ketones is 1. The van der Waals surface area contributed by atoms with E-state index in [-0.39, 0.29) is 12.5 Å². The molecular weight excluding hydrogens is 454 g/mol. The zero-order valence-electron chi connectivity index (χ0n) is 18.6. The predicted molar refractivity (Wildman–Crippen MR) is 127 cm³/mol. The minimum absolute atomic E-state index is 0.0695. The highest BCUT2D eigenvalue weighted by molar-refractivity contribution is 7.13. The summed E-state index contributed by atoms with van der Waals surface area (Å²) in [6.07, 6.45) is 3.27. The van der Waals surface area contributed by atoms with Crippen LogP contribution in [-0.4, -0.2) is 77.2 Å². The molecule has 1 aromatic carbocycles. The number of hydrogen-bond acceptors (Lipinski definition) is 8. The van der Waals surface area contributed by atoms with E-state index >= 15 is 0 Å². The first kappa shape index (κ1) is 22.0. The largest absolute Gasteiger partial charge is 0.495 e. The van der Waals surface area contributed by atoms with Crippen LogP contribution in [0.4, 0.5) is 5.69 Å². The molecule has 2 aromatic heterocycles. The molecule has 0 bridgehead atoms. The van der Waals surface area contributed by atoms with Crippen molar-refractivity contribution in [3.63, 3.8) is 0 Å². The molecule has 0 aliphatic carbocycles. The van der Waals surface area contributed by atoms with Gasteiger partial charge in [0.2, 0.25) is 5.78 Å². The molecule has 1 fully saturated rings. The SMILES string of the molecule is COc1cnc(-c2nccs2)c2c1C(C(=O)C(=O)N1CCN(C(=O)c3ccccc3)CC1)CN2. The van der Waals surface area contributed by atoms with Gasteiger partial charge in [-0.3, -0.25) is 14.4 Å². The van der Waals surface area contributed by atoms with E-state index in [1.165, 1.54) is 23.3 Å². The molecular formula is C24H23N5O4S.